The van der Waals surface area contributed by atoms with Crippen LogP contribution in [0.15, 0.2) is 87.5 Å². The van der Waals surface area contributed by atoms with Crippen LogP contribution in [0.3, 0.4) is 0 Å². The van der Waals surface area contributed by atoms with E-state index in [0.29, 0.717) is 67.9 Å². The molecule has 6 atom stereocenters. The minimum absolute atomic E-state index is 0. The van der Waals surface area contributed by atoms with Crippen LogP contribution in [0.2, 0.25) is 0 Å². The summed E-state index contributed by atoms with van der Waals surface area (Å²) in [6.45, 7) is 11.6. The van der Waals surface area contributed by atoms with Crippen molar-refractivity contribution in [2.75, 3.05) is 39.4 Å². The summed E-state index contributed by atoms with van der Waals surface area (Å²) < 4.78 is 79.8. The number of hydroxylamine groups is 1. The number of carboxylic acid groups (broad SMARTS) is 1. The predicted octanol–water partition coefficient (Wildman–Crippen LogP) is 6.15. The Balaban J connectivity index is 0.000000384. The summed E-state index contributed by atoms with van der Waals surface area (Å²) in [7, 11) is -11.0. The second-order valence-corrected chi connectivity index (χ2v) is 29.6. The third-order valence-corrected chi connectivity index (χ3v) is 22.5. The van der Waals surface area contributed by atoms with Crippen molar-refractivity contribution in [2.45, 2.75) is 234 Å². The van der Waals surface area contributed by atoms with Gasteiger partial charge in [0.2, 0.25) is 36.0 Å². The molecule has 6 fully saturated rings. The summed E-state index contributed by atoms with van der Waals surface area (Å²) in [5, 5.41) is 42.3. The van der Waals surface area contributed by atoms with Gasteiger partial charge in [0, 0.05) is 50.5 Å². The fraction of sp³-hybridized carbons (Fsp3) is 0.641. The summed E-state index contributed by atoms with van der Waals surface area (Å²) in [6.07, 6.45) is 21.7. The van der Waals surface area contributed by atoms with E-state index in [2.05, 4.69) is 10.6 Å². The van der Waals surface area contributed by atoms with Crippen molar-refractivity contribution in [3.8, 4) is 0 Å². The van der Waals surface area contributed by atoms with Gasteiger partial charge in [-0.2, -0.15) is 12.9 Å². The van der Waals surface area contributed by atoms with E-state index in [4.69, 9.17) is 21.4 Å². The first-order valence-corrected chi connectivity index (χ1v) is 36.3. The second kappa shape index (κ2) is 44.1. The first-order valence-electron chi connectivity index (χ1n) is 32.0. The maximum absolute atomic E-state index is 12.7. The summed E-state index contributed by atoms with van der Waals surface area (Å²) in [5.74, 6) is -0.821. The molecule has 92 heavy (non-hydrogen) atoms. The van der Waals surface area contributed by atoms with Gasteiger partial charge in [-0.15, -0.1) is 0 Å². The van der Waals surface area contributed by atoms with E-state index < -0.39 is 54.0 Å². The van der Waals surface area contributed by atoms with Crippen molar-refractivity contribution in [3.05, 3.63) is 105 Å². The number of aliphatic carboxylic acids is 1. The minimum atomic E-state index is -3.75. The number of aliphatic hydroxyl groups is 2. The van der Waals surface area contributed by atoms with Crippen LogP contribution in [0.5, 0.6) is 0 Å². The topological polar surface area (TPSA) is 373 Å². The van der Waals surface area contributed by atoms with Crippen molar-refractivity contribution in [2.24, 2.45) is 5.92 Å². The number of nitrogens with one attached hydrogen (secondary N) is 3. The molecule has 5 aliphatic heterocycles. The third-order valence-electron chi connectivity index (χ3n) is 16.7. The first kappa shape index (κ1) is 83.4. The van der Waals surface area contributed by atoms with Crippen molar-refractivity contribution < 1.29 is 99.3 Å². The average Bonchev–Trinajstić information content (AvgIpc) is 1.22. The smallest absolute Gasteiger partial charge is 0.480 e. The van der Waals surface area contributed by atoms with Gasteiger partial charge in [-0.1, -0.05) is 124 Å². The molecule has 0 spiro atoms. The number of benzene rings is 3. The molecule has 6 unspecified atom stereocenters. The van der Waals surface area contributed by atoms with E-state index in [-0.39, 0.29) is 82.8 Å². The van der Waals surface area contributed by atoms with Gasteiger partial charge in [0.15, 0.2) is 5.78 Å². The molecule has 1 aliphatic carbocycles. The zero-order valence-electron chi connectivity index (χ0n) is 54.8. The van der Waals surface area contributed by atoms with Gasteiger partial charge in [-0.05, 0) is 148 Å². The Kier molecular flexibility index (Phi) is 40.0. The minimum Gasteiger partial charge on any atom is -0.480 e. The molecule has 2 amide bonds. The van der Waals surface area contributed by atoms with Crippen LogP contribution in [-0.2, 0) is 54.0 Å². The molecular formula is C64H100N9NaO15S3. The van der Waals surface area contributed by atoms with Crippen molar-refractivity contribution in [1.82, 2.24) is 29.0 Å². The van der Waals surface area contributed by atoms with Crippen molar-refractivity contribution >= 4 is 59.4 Å². The van der Waals surface area contributed by atoms with Crippen LogP contribution in [0.1, 0.15) is 185 Å². The number of hydrogen-bond acceptors (Lipinski definition) is 15. The van der Waals surface area contributed by atoms with Gasteiger partial charge in [0.05, 0.1) is 33.9 Å². The van der Waals surface area contributed by atoms with E-state index in [1.165, 1.54) is 58.3 Å². The van der Waals surface area contributed by atoms with E-state index in [0.717, 1.165) is 124 Å². The fourth-order valence-electron chi connectivity index (χ4n) is 11.2. The van der Waals surface area contributed by atoms with Crippen LogP contribution in [-0.4, -0.2) is 158 Å². The van der Waals surface area contributed by atoms with Crippen LogP contribution >= 0.6 is 0 Å². The Morgan fingerprint density at radius 2 is 0.957 bits per heavy atom. The van der Waals surface area contributed by atoms with Gasteiger partial charge in [-0.25, -0.2) is 30.7 Å². The maximum Gasteiger partial charge on any atom is 1.00 e. The van der Waals surface area contributed by atoms with Crippen molar-refractivity contribution in [1.29, 1.82) is 0 Å². The Morgan fingerprint density at radius 3 is 1.38 bits per heavy atom. The van der Waals surface area contributed by atoms with Crippen LogP contribution in [0.25, 0.3) is 16.0 Å². The van der Waals surface area contributed by atoms with Crippen molar-refractivity contribution in [3.63, 3.8) is 0 Å². The number of aliphatic hydroxyl groups excluding tert-OH is 2. The molecule has 5 heterocycles. The molecule has 0 aromatic heterocycles. The Morgan fingerprint density at radius 1 is 0.554 bits per heavy atom. The number of amides is 2. The summed E-state index contributed by atoms with van der Waals surface area (Å²) in [6, 6.07) is 18.0. The average molecular weight is 1350 g/mol. The van der Waals surface area contributed by atoms with Crippen LogP contribution < -0.4 is 45.7 Å². The van der Waals surface area contributed by atoms with Crippen LogP contribution in [0, 0.1) is 26.7 Å². The molecule has 0 bridgehead atoms. The Labute approximate surface area is 568 Å². The number of nitrogens with zero attached hydrogens (tertiary/aromatic N) is 6. The monoisotopic (exact) mass is 1350 g/mol. The summed E-state index contributed by atoms with van der Waals surface area (Å²) in [5.41, 5.74) is 18.1. The summed E-state index contributed by atoms with van der Waals surface area (Å²) >= 11 is 0. The fourth-order valence-corrected chi connectivity index (χ4v) is 16.2. The van der Waals surface area contributed by atoms with Gasteiger partial charge in [0.25, 0.3) is 5.91 Å². The molecular weight excluding hydrogens is 1250 g/mol. The Bertz CT molecular complexity index is 3080. The molecule has 0 radical (unpaired) electrons. The van der Waals surface area contributed by atoms with E-state index >= 15 is 0 Å². The second-order valence-electron chi connectivity index (χ2n) is 23.9. The zero-order valence-corrected chi connectivity index (χ0v) is 59.2. The van der Waals surface area contributed by atoms with Crippen LogP contribution in [0.4, 0.5) is 0 Å². The number of carboxylic acids is 1. The molecule has 3 aromatic rings. The molecule has 28 heteroatoms. The number of hydrogen-bond donors (Lipinski definition) is 7. The molecule has 7 N–H and O–H groups in total. The van der Waals surface area contributed by atoms with Gasteiger partial charge in [-0.3, -0.25) is 34.1 Å². The quantitative estimate of drug-likeness (QED) is 0.0283. The molecule has 6 aliphatic rings. The number of ketones is 2. The normalized spacial score (nSPS) is 22.7. The number of aryl methyl sites for hydroxylation is 3. The summed E-state index contributed by atoms with van der Waals surface area (Å²) in [4.78, 5) is 57.9. The van der Waals surface area contributed by atoms with E-state index in [1.54, 1.807) is 66.1 Å². The Hall–Kier alpha value is -4.71. The number of carbonyl (C=O) groups excluding carboxylic acids is 4. The number of Topliss-reactive ketones (excluding diaryl/α,β-unsaturated/α-hetero) is 2. The van der Waals surface area contributed by atoms with E-state index in [1.807, 2.05) is 27.7 Å². The van der Waals surface area contributed by atoms with E-state index in [9.17, 15) is 59.4 Å². The predicted molar refractivity (Wildman–Crippen MR) is 348 cm³/mol. The molecule has 9 rings (SSSR count). The van der Waals surface area contributed by atoms with Gasteiger partial charge >= 0.3 is 35.5 Å². The molecule has 24 nitrogen and oxygen atoms in total. The third kappa shape index (κ3) is 28.3. The number of rotatable bonds is 11. The zero-order chi connectivity index (χ0) is 67.6. The number of carbonyl (C=O) groups is 5. The SMILES string of the molecule is CC(=O)C1CCCCC(=O)N1.CC1CCCCC1=O.Cc1ccc(S(=O)(=O)N2CCCCCC2C(=O)NO)cc1.Cc1ccc(S(=O)(=O)N2CCCCCC2C(=O)O)cc1.Cc1ccc(S(=O)(=O)N2CCCCCC2CO)cc1.OCC1CCCCCN1.[N-]=[N+]=[N-].[Na+]. The number of sulfonamides is 3. The first-order chi connectivity index (χ1) is 43.3. The maximum atomic E-state index is 12.7. The molecule has 1 saturated carbocycles. The standard InChI is InChI=1S/C14H20N2O4S.C14H19NO4S.C14H21NO3S.C8H13NO2.C7H15NO.C7H12O.N3.Na/c1-11-6-8-12(9-7-11)21(19,20)16-10-4-2-3-5-13(16)14(17)15-18;1-11-6-8-12(9-7-11)20(18,19)15-10-4-2-3-5-13(15)14(16)17;1-12-6-8-14(9-7-12)19(17,18)15-10-4-2-3-5-13(15)11-16;1-6(10)7-4-2-3-5-8(11)9-7;9-6-7-4-2-1-3-5-8-7;1-6-4-2-3-5-7(6)8;1-3-2;/h6-9,13,18H,2-5,10H2,1H3,(H,15,17);6-9,13H,2-5,10H2,1H3,(H,16,17);6-9,13,16H,2-5,10-11H2,1H3;7H,2-5H2,1H3,(H,9,11);7-9H,1-6H2;6H,2-5H2,1H3;;/q;;;;;;-1;+1. The molecule has 5 saturated heterocycles. The van der Waals surface area contributed by atoms with Gasteiger partial charge in [0.1, 0.15) is 17.9 Å². The van der Waals surface area contributed by atoms with Gasteiger partial charge < -0.3 is 37.0 Å². The largest absolute Gasteiger partial charge is 1.00 e. The molecule has 3 aromatic carbocycles. The molecule has 510 valence electrons.